The fraction of sp³-hybridized carbons (Fsp3) is 0.625. The summed E-state index contributed by atoms with van der Waals surface area (Å²) in [7, 11) is 0. The molecule has 2 saturated carbocycles. The summed E-state index contributed by atoms with van der Waals surface area (Å²) in [5.41, 5.74) is 12.2. The van der Waals surface area contributed by atoms with Crippen molar-refractivity contribution in [2.24, 2.45) is 22.5 Å². The van der Waals surface area contributed by atoms with Crippen molar-refractivity contribution in [1.82, 2.24) is 4.98 Å². The number of primary amides is 1. The third-order valence-electron chi connectivity index (χ3n) is 6.11. The van der Waals surface area contributed by atoms with Crippen LogP contribution < -0.4 is 16.2 Å². The van der Waals surface area contributed by atoms with Gasteiger partial charge in [0.25, 0.3) is 5.91 Å². The van der Waals surface area contributed by atoms with Crippen molar-refractivity contribution < 1.29 is 9.53 Å². The molecule has 2 aliphatic rings. The van der Waals surface area contributed by atoms with E-state index in [0.29, 0.717) is 17.5 Å². The molecular formula is C16H23N3O2. The number of ether oxygens (including phenoxy) is 1. The molecule has 1 heterocycles. The maximum absolute atomic E-state index is 11.3. The van der Waals surface area contributed by atoms with Crippen LogP contribution in [0.2, 0.25) is 0 Å². The topological polar surface area (TPSA) is 91.2 Å². The number of carbonyl (C=O) groups is 1. The summed E-state index contributed by atoms with van der Waals surface area (Å²) in [6.45, 7) is 6.94. The Morgan fingerprint density at radius 2 is 2.10 bits per heavy atom. The SMILES string of the molecule is CC1(C)C2CCC1(C)C(Oc1nc(C(N)=O)ccc1N)C2. The van der Waals surface area contributed by atoms with E-state index < -0.39 is 5.91 Å². The van der Waals surface area contributed by atoms with Crippen LogP contribution in [0.1, 0.15) is 50.5 Å². The van der Waals surface area contributed by atoms with Gasteiger partial charge in [-0.05, 0) is 42.7 Å². The summed E-state index contributed by atoms with van der Waals surface area (Å²) in [6, 6.07) is 3.15. The number of nitrogens with two attached hydrogens (primary N) is 2. The van der Waals surface area contributed by atoms with Gasteiger partial charge < -0.3 is 16.2 Å². The monoisotopic (exact) mass is 289 g/mol. The summed E-state index contributed by atoms with van der Waals surface area (Å²) in [6.07, 6.45) is 3.52. The number of anilines is 1. The third kappa shape index (κ3) is 1.90. The molecule has 2 bridgehead atoms. The number of rotatable bonds is 3. The standard InChI is InChI=1S/C16H23N3O2/c1-15(2)9-6-7-16(15,3)12(8-9)21-14-10(17)4-5-11(19-14)13(18)20/h4-5,9,12H,6-8,17H2,1-3H3,(H2,18,20). The highest BCUT2D eigenvalue weighted by Crippen LogP contribution is 2.66. The molecule has 0 saturated heterocycles. The zero-order valence-electron chi connectivity index (χ0n) is 12.8. The summed E-state index contributed by atoms with van der Waals surface area (Å²) in [5.74, 6) is 0.438. The number of nitrogen functional groups attached to an aromatic ring is 1. The van der Waals surface area contributed by atoms with Crippen LogP contribution in [0.15, 0.2) is 12.1 Å². The first kappa shape index (κ1) is 14.2. The van der Waals surface area contributed by atoms with Crippen molar-refractivity contribution in [3.63, 3.8) is 0 Å². The molecule has 5 nitrogen and oxygen atoms in total. The van der Waals surface area contributed by atoms with Crippen LogP contribution >= 0.6 is 0 Å². The van der Waals surface area contributed by atoms with E-state index in [1.54, 1.807) is 6.07 Å². The van der Waals surface area contributed by atoms with Crippen molar-refractivity contribution in [1.29, 1.82) is 0 Å². The Bertz CT molecular complexity index is 599. The molecule has 2 aliphatic carbocycles. The Balaban J connectivity index is 1.89. The molecule has 3 unspecified atom stereocenters. The molecule has 1 aromatic heterocycles. The Hall–Kier alpha value is -1.78. The van der Waals surface area contributed by atoms with Gasteiger partial charge in [-0.15, -0.1) is 0 Å². The van der Waals surface area contributed by atoms with Gasteiger partial charge in [0, 0.05) is 5.41 Å². The third-order valence-corrected chi connectivity index (χ3v) is 6.11. The first-order valence-electron chi connectivity index (χ1n) is 7.48. The summed E-state index contributed by atoms with van der Waals surface area (Å²) in [4.78, 5) is 15.4. The normalized spacial score (nSPS) is 33.1. The number of amides is 1. The summed E-state index contributed by atoms with van der Waals surface area (Å²) in [5, 5.41) is 0. The smallest absolute Gasteiger partial charge is 0.267 e. The van der Waals surface area contributed by atoms with Crippen LogP contribution in [0.4, 0.5) is 5.69 Å². The lowest BCUT2D eigenvalue weighted by Crippen LogP contribution is -2.39. The van der Waals surface area contributed by atoms with E-state index >= 15 is 0 Å². The molecule has 1 aromatic rings. The zero-order chi connectivity index (χ0) is 15.4. The molecule has 114 valence electrons. The number of nitrogens with zero attached hydrogens (tertiary/aromatic N) is 1. The minimum Gasteiger partial charge on any atom is -0.472 e. The Morgan fingerprint density at radius 1 is 1.38 bits per heavy atom. The number of pyridine rings is 1. The molecular weight excluding hydrogens is 266 g/mol. The number of hydrogen-bond acceptors (Lipinski definition) is 4. The van der Waals surface area contributed by atoms with Crippen molar-refractivity contribution in [3.05, 3.63) is 17.8 Å². The molecule has 0 aromatic carbocycles. The maximum atomic E-state index is 11.3. The lowest BCUT2D eigenvalue weighted by Gasteiger charge is -2.38. The molecule has 4 N–H and O–H groups in total. The van der Waals surface area contributed by atoms with Gasteiger partial charge in [-0.1, -0.05) is 20.8 Å². The van der Waals surface area contributed by atoms with Gasteiger partial charge in [0.1, 0.15) is 11.8 Å². The number of aromatic nitrogens is 1. The van der Waals surface area contributed by atoms with Gasteiger partial charge in [-0.2, -0.15) is 0 Å². The van der Waals surface area contributed by atoms with Crippen LogP contribution in [0, 0.1) is 16.7 Å². The van der Waals surface area contributed by atoms with E-state index in [2.05, 4.69) is 25.8 Å². The van der Waals surface area contributed by atoms with Gasteiger partial charge in [0.15, 0.2) is 0 Å². The van der Waals surface area contributed by atoms with Crippen LogP contribution in [-0.2, 0) is 0 Å². The van der Waals surface area contributed by atoms with E-state index in [9.17, 15) is 4.79 Å². The lowest BCUT2D eigenvalue weighted by atomic mass is 9.70. The molecule has 5 heteroatoms. The summed E-state index contributed by atoms with van der Waals surface area (Å²) < 4.78 is 6.13. The van der Waals surface area contributed by atoms with Gasteiger partial charge in [-0.25, -0.2) is 4.98 Å². The van der Waals surface area contributed by atoms with Crippen molar-refractivity contribution in [2.75, 3.05) is 5.73 Å². The fourth-order valence-electron chi connectivity index (χ4n) is 4.13. The van der Waals surface area contributed by atoms with Crippen molar-refractivity contribution in [2.45, 2.75) is 46.1 Å². The van der Waals surface area contributed by atoms with E-state index in [4.69, 9.17) is 16.2 Å². The average Bonchev–Trinajstić information content (AvgIpc) is 2.74. The van der Waals surface area contributed by atoms with Crippen LogP contribution in [0.25, 0.3) is 0 Å². The largest absolute Gasteiger partial charge is 0.472 e. The van der Waals surface area contributed by atoms with Crippen LogP contribution in [0.3, 0.4) is 0 Å². The molecule has 2 fully saturated rings. The number of carbonyl (C=O) groups excluding carboxylic acids is 1. The second-order valence-corrected chi connectivity index (χ2v) is 7.17. The lowest BCUT2D eigenvalue weighted by molar-refractivity contribution is 0.0277. The maximum Gasteiger partial charge on any atom is 0.267 e. The fourth-order valence-corrected chi connectivity index (χ4v) is 4.13. The van der Waals surface area contributed by atoms with Crippen molar-refractivity contribution >= 4 is 11.6 Å². The minimum absolute atomic E-state index is 0.0872. The Kier molecular flexibility index (Phi) is 2.94. The van der Waals surface area contributed by atoms with E-state index in [1.165, 1.54) is 12.5 Å². The Labute approximate surface area is 125 Å². The van der Waals surface area contributed by atoms with Gasteiger partial charge in [0.2, 0.25) is 5.88 Å². The van der Waals surface area contributed by atoms with Crippen molar-refractivity contribution in [3.8, 4) is 5.88 Å². The highest BCUT2D eigenvalue weighted by atomic mass is 16.5. The first-order chi connectivity index (χ1) is 9.75. The second kappa shape index (κ2) is 4.36. The molecule has 3 atom stereocenters. The van der Waals surface area contributed by atoms with Crippen LogP contribution in [0.5, 0.6) is 5.88 Å². The van der Waals surface area contributed by atoms with E-state index in [0.717, 1.165) is 12.8 Å². The Morgan fingerprint density at radius 3 is 2.62 bits per heavy atom. The molecule has 3 rings (SSSR count). The quantitative estimate of drug-likeness (QED) is 0.893. The second-order valence-electron chi connectivity index (χ2n) is 7.17. The average molecular weight is 289 g/mol. The predicted octanol–water partition coefficient (Wildman–Crippen LogP) is 2.36. The zero-order valence-corrected chi connectivity index (χ0v) is 12.8. The molecule has 1 amide bonds. The van der Waals surface area contributed by atoms with Gasteiger partial charge >= 0.3 is 0 Å². The van der Waals surface area contributed by atoms with E-state index in [1.807, 2.05) is 0 Å². The van der Waals surface area contributed by atoms with Crippen LogP contribution in [-0.4, -0.2) is 17.0 Å². The highest BCUT2D eigenvalue weighted by molar-refractivity contribution is 5.91. The molecule has 21 heavy (non-hydrogen) atoms. The van der Waals surface area contributed by atoms with Gasteiger partial charge in [0.05, 0.1) is 5.69 Å². The molecule has 0 spiro atoms. The highest BCUT2D eigenvalue weighted by Gasteiger charge is 2.62. The van der Waals surface area contributed by atoms with Gasteiger partial charge in [-0.3, -0.25) is 4.79 Å². The van der Waals surface area contributed by atoms with E-state index in [-0.39, 0.29) is 22.6 Å². The molecule has 0 radical (unpaired) electrons. The molecule has 0 aliphatic heterocycles. The number of hydrogen-bond donors (Lipinski definition) is 2. The first-order valence-corrected chi connectivity index (χ1v) is 7.48. The minimum atomic E-state index is -0.570. The number of fused-ring (bicyclic) bond motifs is 2. The summed E-state index contributed by atoms with van der Waals surface area (Å²) >= 11 is 0. The predicted molar refractivity (Wildman–Crippen MR) is 80.8 cm³/mol.